The maximum Gasteiger partial charge on any atom is 0.411 e. The second-order valence-corrected chi connectivity index (χ2v) is 3.96. The summed E-state index contributed by atoms with van der Waals surface area (Å²) in [5.41, 5.74) is 0. The molecule has 2 N–H and O–H groups in total. The summed E-state index contributed by atoms with van der Waals surface area (Å²) >= 11 is 0. The van der Waals surface area contributed by atoms with Crippen LogP contribution < -0.4 is 15.4 Å². The summed E-state index contributed by atoms with van der Waals surface area (Å²) in [4.78, 5) is 12.0. The van der Waals surface area contributed by atoms with Gasteiger partial charge in [0, 0.05) is 13.6 Å². The Morgan fingerprint density at radius 1 is 1.10 bits per heavy atom. The molecule has 0 aliphatic carbocycles. The van der Waals surface area contributed by atoms with Crippen LogP contribution in [-0.4, -0.2) is 54.5 Å². The van der Waals surface area contributed by atoms with Gasteiger partial charge in [-0.3, -0.25) is 0 Å². The molecule has 0 amide bonds. The van der Waals surface area contributed by atoms with Crippen molar-refractivity contribution in [2.75, 3.05) is 44.0 Å². The number of nitrogens with one attached hydrogen (secondary N) is 2. The van der Waals surface area contributed by atoms with Gasteiger partial charge in [-0.25, -0.2) is 0 Å². The topological polar surface area (TPSA) is 81.2 Å². The number of nitrogens with zero attached hydrogens (tertiary/aromatic N) is 3. The van der Waals surface area contributed by atoms with E-state index in [1.54, 1.807) is 7.05 Å². The monoisotopic (exact) mass is 309 g/mol. The van der Waals surface area contributed by atoms with Crippen LogP contribution in [0, 0.1) is 0 Å². The molecule has 1 rings (SSSR count). The summed E-state index contributed by atoms with van der Waals surface area (Å²) in [6.07, 6.45) is -3.53. The van der Waals surface area contributed by atoms with Gasteiger partial charge in [0.2, 0.25) is 11.9 Å². The Morgan fingerprint density at radius 2 is 1.81 bits per heavy atom. The van der Waals surface area contributed by atoms with E-state index in [1.807, 2.05) is 6.92 Å². The first-order chi connectivity index (χ1) is 9.94. The standard InChI is InChI=1S/C11H18F3N5O2/c1-3-5-21-10-18-8(15-2)17-9(19-10)16-4-6-20-7-11(12,13)14/h3-7H2,1-2H3,(H2,15,16,17,18,19). The zero-order chi connectivity index (χ0) is 15.7. The van der Waals surface area contributed by atoms with Crippen LogP contribution in [0.15, 0.2) is 0 Å². The lowest BCUT2D eigenvalue weighted by molar-refractivity contribution is -0.172. The number of anilines is 2. The van der Waals surface area contributed by atoms with Gasteiger partial charge in [-0.2, -0.15) is 28.1 Å². The van der Waals surface area contributed by atoms with Gasteiger partial charge >= 0.3 is 12.2 Å². The number of rotatable bonds is 9. The van der Waals surface area contributed by atoms with E-state index in [9.17, 15) is 13.2 Å². The molecule has 7 nitrogen and oxygen atoms in total. The van der Waals surface area contributed by atoms with E-state index in [-0.39, 0.29) is 25.1 Å². The van der Waals surface area contributed by atoms with Crippen molar-refractivity contribution in [3.8, 4) is 6.01 Å². The van der Waals surface area contributed by atoms with E-state index in [0.29, 0.717) is 12.6 Å². The molecule has 10 heteroatoms. The second kappa shape index (κ2) is 8.45. The zero-order valence-electron chi connectivity index (χ0n) is 11.8. The molecule has 1 aromatic heterocycles. The lowest BCUT2D eigenvalue weighted by Crippen LogP contribution is -2.20. The molecule has 1 heterocycles. The highest BCUT2D eigenvalue weighted by atomic mass is 19.4. The van der Waals surface area contributed by atoms with E-state index in [4.69, 9.17) is 4.74 Å². The van der Waals surface area contributed by atoms with E-state index in [2.05, 4.69) is 30.3 Å². The van der Waals surface area contributed by atoms with Crippen LogP contribution in [0.1, 0.15) is 13.3 Å². The molecule has 0 radical (unpaired) electrons. The summed E-state index contributed by atoms with van der Waals surface area (Å²) in [6.45, 7) is 1.14. The number of aromatic nitrogens is 3. The van der Waals surface area contributed by atoms with Crippen molar-refractivity contribution in [1.82, 2.24) is 15.0 Å². The fourth-order valence-electron chi connectivity index (χ4n) is 1.23. The van der Waals surface area contributed by atoms with E-state index >= 15 is 0 Å². The molecule has 1 aromatic rings. The normalized spacial score (nSPS) is 11.3. The van der Waals surface area contributed by atoms with Crippen molar-refractivity contribution < 1.29 is 22.6 Å². The number of hydrogen-bond donors (Lipinski definition) is 2. The Labute approximate surface area is 120 Å². The van der Waals surface area contributed by atoms with Crippen molar-refractivity contribution in [1.29, 1.82) is 0 Å². The minimum absolute atomic E-state index is 0.120. The molecule has 0 aromatic carbocycles. The first-order valence-corrected chi connectivity index (χ1v) is 6.39. The predicted molar refractivity (Wildman–Crippen MR) is 70.5 cm³/mol. The van der Waals surface area contributed by atoms with Gasteiger partial charge in [0.25, 0.3) is 0 Å². The third-order valence-corrected chi connectivity index (χ3v) is 2.07. The van der Waals surface area contributed by atoms with Crippen molar-refractivity contribution in [2.45, 2.75) is 19.5 Å². The Kier molecular flexibility index (Phi) is 6.92. The van der Waals surface area contributed by atoms with Crippen LogP contribution >= 0.6 is 0 Å². The lowest BCUT2D eigenvalue weighted by Gasteiger charge is -2.10. The Hall–Kier alpha value is -1.84. The molecule has 0 fully saturated rings. The first kappa shape index (κ1) is 17.2. The number of alkyl halides is 3. The van der Waals surface area contributed by atoms with Crippen LogP contribution in [-0.2, 0) is 4.74 Å². The van der Waals surface area contributed by atoms with Gasteiger partial charge in [0.1, 0.15) is 6.61 Å². The fraction of sp³-hybridized carbons (Fsp3) is 0.727. The van der Waals surface area contributed by atoms with Crippen LogP contribution in [0.4, 0.5) is 25.1 Å². The predicted octanol–water partition coefficient (Wildman–Crippen LogP) is 1.69. The van der Waals surface area contributed by atoms with Crippen molar-refractivity contribution in [2.24, 2.45) is 0 Å². The number of ether oxygens (including phenoxy) is 2. The van der Waals surface area contributed by atoms with Crippen LogP contribution in [0.3, 0.4) is 0 Å². The largest absolute Gasteiger partial charge is 0.463 e. The first-order valence-electron chi connectivity index (χ1n) is 6.39. The third-order valence-electron chi connectivity index (χ3n) is 2.07. The summed E-state index contributed by atoms with van der Waals surface area (Å²) in [6, 6.07) is 0.148. The summed E-state index contributed by atoms with van der Waals surface area (Å²) in [5, 5.41) is 5.49. The van der Waals surface area contributed by atoms with Gasteiger partial charge < -0.3 is 20.1 Å². The highest BCUT2D eigenvalue weighted by Crippen LogP contribution is 2.14. The third kappa shape index (κ3) is 7.49. The minimum atomic E-state index is -4.33. The Bertz CT molecular complexity index is 431. The average molecular weight is 309 g/mol. The Morgan fingerprint density at radius 3 is 2.43 bits per heavy atom. The molecule has 0 spiro atoms. The van der Waals surface area contributed by atoms with Crippen molar-refractivity contribution >= 4 is 11.9 Å². The van der Waals surface area contributed by atoms with Crippen LogP contribution in [0.25, 0.3) is 0 Å². The molecule has 0 aliphatic heterocycles. The summed E-state index contributed by atoms with van der Waals surface area (Å²) < 4.78 is 45.4. The maximum atomic E-state index is 11.9. The molecule has 0 unspecified atom stereocenters. The highest BCUT2D eigenvalue weighted by molar-refractivity contribution is 5.35. The molecular formula is C11H18F3N5O2. The van der Waals surface area contributed by atoms with Gasteiger partial charge in [0.15, 0.2) is 0 Å². The lowest BCUT2D eigenvalue weighted by atomic mass is 10.5. The van der Waals surface area contributed by atoms with Crippen molar-refractivity contribution in [3.05, 3.63) is 0 Å². The van der Waals surface area contributed by atoms with Gasteiger partial charge in [-0.1, -0.05) is 6.92 Å². The summed E-state index contributed by atoms with van der Waals surface area (Å²) in [7, 11) is 1.63. The average Bonchev–Trinajstić information content (AvgIpc) is 2.43. The van der Waals surface area contributed by atoms with Crippen molar-refractivity contribution in [3.63, 3.8) is 0 Å². The highest BCUT2D eigenvalue weighted by Gasteiger charge is 2.27. The van der Waals surface area contributed by atoms with Crippen LogP contribution in [0.2, 0.25) is 0 Å². The Balaban J connectivity index is 2.46. The van der Waals surface area contributed by atoms with Crippen LogP contribution in [0.5, 0.6) is 6.01 Å². The van der Waals surface area contributed by atoms with Gasteiger partial charge in [-0.15, -0.1) is 0 Å². The van der Waals surface area contributed by atoms with Gasteiger partial charge in [-0.05, 0) is 6.42 Å². The molecule has 0 saturated heterocycles. The smallest absolute Gasteiger partial charge is 0.411 e. The molecule has 0 saturated carbocycles. The minimum Gasteiger partial charge on any atom is -0.463 e. The second-order valence-electron chi connectivity index (χ2n) is 3.96. The number of hydrogen-bond acceptors (Lipinski definition) is 7. The SMILES string of the molecule is CCCOc1nc(NC)nc(NCCOCC(F)(F)F)n1. The maximum absolute atomic E-state index is 11.9. The number of halogens is 3. The molecule has 0 bridgehead atoms. The molecule has 0 aliphatic rings. The van der Waals surface area contributed by atoms with E-state index < -0.39 is 12.8 Å². The molecule has 21 heavy (non-hydrogen) atoms. The quantitative estimate of drug-likeness (QED) is 0.672. The van der Waals surface area contributed by atoms with E-state index in [1.165, 1.54) is 0 Å². The van der Waals surface area contributed by atoms with E-state index in [0.717, 1.165) is 6.42 Å². The zero-order valence-corrected chi connectivity index (χ0v) is 11.8. The molecule has 120 valence electrons. The summed E-state index contributed by atoms with van der Waals surface area (Å²) in [5.74, 6) is 0.505. The molecular weight excluding hydrogens is 291 g/mol. The molecule has 0 atom stereocenters. The van der Waals surface area contributed by atoms with Gasteiger partial charge in [0.05, 0.1) is 13.2 Å². The fourth-order valence-corrected chi connectivity index (χ4v) is 1.23.